The number of nitrogens with zero attached hydrogens (tertiary/aromatic N) is 2. The molecule has 2 aromatic carbocycles. The van der Waals surface area contributed by atoms with E-state index in [0.717, 1.165) is 55.0 Å². The molecule has 4 amide bonds. The van der Waals surface area contributed by atoms with Crippen molar-refractivity contribution < 1.29 is 23.9 Å². The first-order valence-corrected chi connectivity index (χ1v) is 13.0. The maximum atomic E-state index is 13.2. The predicted molar refractivity (Wildman–Crippen MR) is 133 cm³/mol. The van der Waals surface area contributed by atoms with Crippen LogP contribution in [0.3, 0.4) is 0 Å². The number of piperidine rings is 2. The molecule has 2 N–H and O–H groups in total. The van der Waals surface area contributed by atoms with Crippen LogP contribution in [-0.4, -0.2) is 59.2 Å². The number of fused-ring (bicyclic) bond motifs is 5. The zero-order valence-corrected chi connectivity index (χ0v) is 20.5. The smallest absolute Gasteiger partial charge is 0.255 e. The number of imide groups is 1. The van der Waals surface area contributed by atoms with Gasteiger partial charge in [0.15, 0.2) is 0 Å². The van der Waals surface area contributed by atoms with Gasteiger partial charge in [-0.15, -0.1) is 0 Å². The monoisotopic (exact) mass is 500 g/mol. The first-order valence-electron chi connectivity index (χ1n) is 13.0. The van der Waals surface area contributed by atoms with Gasteiger partial charge in [0.1, 0.15) is 11.8 Å². The molecule has 7 rings (SSSR count). The van der Waals surface area contributed by atoms with Crippen molar-refractivity contribution in [3.05, 3.63) is 58.1 Å². The number of carbonyl (C=O) groups is 4. The average Bonchev–Trinajstić information content (AvgIpc) is 3.54. The van der Waals surface area contributed by atoms with E-state index >= 15 is 0 Å². The first kappa shape index (κ1) is 22.5. The molecule has 2 saturated heterocycles. The highest BCUT2D eigenvalue weighted by molar-refractivity contribution is 6.06. The van der Waals surface area contributed by atoms with Gasteiger partial charge in [-0.1, -0.05) is 18.2 Å². The van der Waals surface area contributed by atoms with Crippen LogP contribution < -0.4 is 15.4 Å². The van der Waals surface area contributed by atoms with Gasteiger partial charge in [0.2, 0.25) is 17.7 Å². The normalized spacial score (nSPS) is 24.0. The molecule has 190 valence electrons. The van der Waals surface area contributed by atoms with Crippen molar-refractivity contribution in [2.24, 2.45) is 0 Å². The van der Waals surface area contributed by atoms with E-state index in [1.165, 1.54) is 11.1 Å². The highest BCUT2D eigenvalue weighted by Crippen LogP contribution is 2.49. The molecule has 0 aliphatic carbocycles. The number of rotatable bonds is 3. The summed E-state index contributed by atoms with van der Waals surface area (Å²) in [5.41, 5.74) is 5.76. The van der Waals surface area contributed by atoms with Gasteiger partial charge in [0.25, 0.3) is 5.91 Å². The van der Waals surface area contributed by atoms with Gasteiger partial charge in [-0.05, 0) is 55.6 Å². The Morgan fingerprint density at radius 3 is 2.65 bits per heavy atom. The molecule has 1 unspecified atom stereocenters. The molecule has 1 atom stereocenters. The lowest BCUT2D eigenvalue weighted by atomic mass is 9.74. The van der Waals surface area contributed by atoms with E-state index in [4.69, 9.17) is 4.74 Å². The van der Waals surface area contributed by atoms with Crippen molar-refractivity contribution in [1.29, 1.82) is 0 Å². The summed E-state index contributed by atoms with van der Waals surface area (Å²) in [6, 6.07) is 9.57. The van der Waals surface area contributed by atoms with Crippen molar-refractivity contribution in [3.63, 3.8) is 0 Å². The average molecular weight is 501 g/mol. The van der Waals surface area contributed by atoms with E-state index in [9.17, 15) is 19.2 Å². The quantitative estimate of drug-likeness (QED) is 0.623. The van der Waals surface area contributed by atoms with Gasteiger partial charge >= 0.3 is 0 Å². The Kier molecular flexibility index (Phi) is 4.95. The Labute approximate surface area is 214 Å². The van der Waals surface area contributed by atoms with Gasteiger partial charge < -0.3 is 15.0 Å². The van der Waals surface area contributed by atoms with Gasteiger partial charge in [-0.3, -0.25) is 29.4 Å². The molecule has 5 aliphatic rings. The Balaban J connectivity index is 1.06. The molecule has 9 nitrogen and oxygen atoms in total. The van der Waals surface area contributed by atoms with E-state index in [1.807, 2.05) is 12.1 Å². The molecule has 5 aliphatic heterocycles. The molecule has 0 bridgehead atoms. The number of nitrogens with one attached hydrogen (secondary N) is 2. The Morgan fingerprint density at radius 2 is 1.84 bits per heavy atom. The molecule has 1 spiro atoms. The van der Waals surface area contributed by atoms with Crippen LogP contribution in [0.4, 0.5) is 5.69 Å². The first-order chi connectivity index (χ1) is 17.9. The summed E-state index contributed by atoms with van der Waals surface area (Å²) in [5, 5.41) is 5.30. The number of amides is 4. The van der Waals surface area contributed by atoms with Crippen LogP contribution in [0.15, 0.2) is 30.3 Å². The lowest BCUT2D eigenvalue weighted by Gasteiger charge is -2.38. The SMILES string of the molecule is O=C1CCC(N2Cc3c(ccc4c3OCC43CCN(Cc4ccc5c(c4)NC(=O)C5)CC3)C2=O)C(=O)N1. The second-order valence-electron chi connectivity index (χ2n) is 10.9. The third-order valence-electron chi connectivity index (χ3n) is 8.75. The summed E-state index contributed by atoms with van der Waals surface area (Å²) in [7, 11) is 0. The van der Waals surface area contributed by atoms with Crippen LogP contribution in [0, 0.1) is 0 Å². The predicted octanol–water partition coefficient (Wildman–Crippen LogP) is 1.87. The van der Waals surface area contributed by atoms with E-state index in [-0.39, 0.29) is 29.6 Å². The highest BCUT2D eigenvalue weighted by Gasteiger charge is 2.47. The van der Waals surface area contributed by atoms with Crippen molar-refractivity contribution in [1.82, 2.24) is 15.1 Å². The summed E-state index contributed by atoms with van der Waals surface area (Å²) in [5.74, 6) is 0.0106. The van der Waals surface area contributed by atoms with Crippen molar-refractivity contribution in [2.45, 2.75) is 56.7 Å². The molecule has 0 saturated carbocycles. The number of likely N-dealkylation sites (tertiary alicyclic amines) is 1. The van der Waals surface area contributed by atoms with E-state index < -0.39 is 11.9 Å². The fourth-order valence-electron chi connectivity index (χ4n) is 6.65. The zero-order valence-electron chi connectivity index (χ0n) is 20.5. The van der Waals surface area contributed by atoms with Crippen molar-refractivity contribution in [3.8, 4) is 5.75 Å². The van der Waals surface area contributed by atoms with Crippen LogP contribution in [0.1, 0.15) is 58.3 Å². The van der Waals surface area contributed by atoms with Gasteiger partial charge in [0, 0.05) is 40.8 Å². The van der Waals surface area contributed by atoms with Crippen LogP contribution in [-0.2, 0) is 39.3 Å². The second-order valence-corrected chi connectivity index (χ2v) is 10.9. The number of hydrogen-bond donors (Lipinski definition) is 2. The van der Waals surface area contributed by atoms with Crippen molar-refractivity contribution in [2.75, 3.05) is 25.0 Å². The van der Waals surface area contributed by atoms with Gasteiger partial charge in [-0.2, -0.15) is 0 Å². The minimum atomic E-state index is -0.626. The second kappa shape index (κ2) is 8.14. The molecule has 2 fully saturated rings. The zero-order chi connectivity index (χ0) is 25.3. The lowest BCUT2D eigenvalue weighted by molar-refractivity contribution is -0.137. The summed E-state index contributed by atoms with van der Waals surface area (Å²) in [4.78, 5) is 52.9. The molecule has 37 heavy (non-hydrogen) atoms. The Morgan fingerprint density at radius 1 is 1.00 bits per heavy atom. The Bertz CT molecular complexity index is 1380. The van der Waals surface area contributed by atoms with E-state index in [0.29, 0.717) is 31.6 Å². The maximum Gasteiger partial charge on any atom is 0.255 e. The number of ether oxygens (including phenoxy) is 1. The lowest BCUT2D eigenvalue weighted by Crippen LogP contribution is -2.52. The van der Waals surface area contributed by atoms with Gasteiger partial charge in [-0.25, -0.2) is 0 Å². The minimum absolute atomic E-state index is 0.0559. The number of hydrogen-bond acceptors (Lipinski definition) is 6. The molecule has 0 aromatic heterocycles. The van der Waals surface area contributed by atoms with Crippen LogP contribution in [0.2, 0.25) is 0 Å². The van der Waals surface area contributed by atoms with E-state index in [2.05, 4.69) is 33.7 Å². The fourth-order valence-corrected chi connectivity index (χ4v) is 6.65. The summed E-state index contributed by atoms with van der Waals surface area (Å²) in [6.07, 6.45) is 2.98. The minimum Gasteiger partial charge on any atom is -0.492 e. The van der Waals surface area contributed by atoms with Crippen LogP contribution >= 0.6 is 0 Å². The largest absolute Gasteiger partial charge is 0.492 e. The molecule has 0 radical (unpaired) electrons. The maximum absolute atomic E-state index is 13.2. The standard InChI is InChI=1S/C28H28N4O5/c33-23-6-5-22(26(35)30-23)32-14-19-18(27(32)36)3-4-20-25(19)37-15-28(20)7-9-31(10-8-28)13-16-1-2-17-12-24(34)29-21(17)11-16/h1-4,11,22H,5-10,12-15H2,(H,29,34)(H,30,33,35). The fraction of sp³-hybridized carbons (Fsp3) is 0.429. The van der Waals surface area contributed by atoms with Crippen LogP contribution in [0.5, 0.6) is 5.75 Å². The number of anilines is 1. The molecular formula is C28H28N4O5. The highest BCUT2D eigenvalue weighted by atomic mass is 16.5. The molecule has 2 aromatic rings. The summed E-state index contributed by atoms with van der Waals surface area (Å²) >= 11 is 0. The number of benzene rings is 2. The summed E-state index contributed by atoms with van der Waals surface area (Å²) < 4.78 is 6.28. The van der Waals surface area contributed by atoms with Gasteiger partial charge in [0.05, 0.1) is 19.6 Å². The molecular weight excluding hydrogens is 472 g/mol. The summed E-state index contributed by atoms with van der Waals surface area (Å²) in [6.45, 7) is 3.65. The molecule has 5 heterocycles. The Hall–Kier alpha value is -3.72. The third kappa shape index (κ3) is 3.55. The van der Waals surface area contributed by atoms with Crippen LogP contribution in [0.25, 0.3) is 0 Å². The number of carbonyl (C=O) groups excluding carboxylic acids is 4. The van der Waals surface area contributed by atoms with Crippen molar-refractivity contribution >= 4 is 29.3 Å². The topological polar surface area (TPSA) is 108 Å². The third-order valence-corrected chi connectivity index (χ3v) is 8.75. The molecule has 9 heteroatoms. The van der Waals surface area contributed by atoms with E-state index in [1.54, 1.807) is 4.90 Å².